The molecule has 0 bridgehead atoms. The first-order valence-electron chi connectivity index (χ1n) is 7.56. The van der Waals surface area contributed by atoms with E-state index in [1.165, 1.54) is 13.0 Å². The van der Waals surface area contributed by atoms with E-state index in [9.17, 15) is 9.36 Å². The van der Waals surface area contributed by atoms with Crippen LogP contribution in [0.25, 0.3) is 0 Å². The second-order valence-electron chi connectivity index (χ2n) is 5.07. The molecule has 1 aromatic carbocycles. The minimum Gasteiger partial charge on any atom is -0.410 e. The van der Waals surface area contributed by atoms with E-state index in [1.54, 1.807) is 26.0 Å². The van der Waals surface area contributed by atoms with E-state index in [2.05, 4.69) is 5.16 Å². The van der Waals surface area contributed by atoms with E-state index in [-0.39, 0.29) is 19.6 Å². The number of carbonyl (C=O) groups excluding carboxylic acids is 1. The van der Waals surface area contributed by atoms with Gasteiger partial charge in [0.2, 0.25) is 0 Å². The number of hydrogen-bond donors (Lipinski definition) is 0. The van der Waals surface area contributed by atoms with Gasteiger partial charge in [0.1, 0.15) is 0 Å². The van der Waals surface area contributed by atoms with Gasteiger partial charge in [0.15, 0.2) is 0 Å². The first-order chi connectivity index (χ1) is 11.8. The summed E-state index contributed by atoms with van der Waals surface area (Å²) in [6, 6.07) is 4.81. The topological polar surface area (TPSA) is 83.4 Å². The third-order valence-electron chi connectivity index (χ3n) is 3.25. The minimum absolute atomic E-state index is 0.0701. The number of oxime groups is 1. The van der Waals surface area contributed by atoms with Gasteiger partial charge in [-0.15, -0.1) is 0 Å². The summed E-state index contributed by atoms with van der Waals surface area (Å²) < 4.78 is 29.0. The molecule has 10 heteroatoms. The molecule has 0 radical (unpaired) electrons. The van der Waals surface area contributed by atoms with Crippen LogP contribution in [0.3, 0.4) is 0 Å². The number of benzene rings is 1. The van der Waals surface area contributed by atoms with Crippen molar-refractivity contribution in [2.75, 3.05) is 13.2 Å². The largest absolute Gasteiger partial charge is 0.417 e. The van der Waals surface area contributed by atoms with Gasteiger partial charge < -0.3 is 18.6 Å². The van der Waals surface area contributed by atoms with Crippen LogP contribution >= 0.6 is 30.8 Å². The summed E-state index contributed by atoms with van der Waals surface area (Å²) in [6.07, 6.45) is -0.148. The molecular formula is C15H18Cl2NO6P. The highest BCUT2D eigenvalue weighted by Gasteiger charge is 2.61. The molecule has 7 nitrogen and oxygen atoms in total. The van der Waals surface area contributed by atoms with Gasteiger partial charge in [-0.05, 0) is 26.0 Å². The quantitative estimate of drug-likeness (QED) is 0.483. The molecule has 138 valence electrons. The van der Waals surface area contributed by atoms with Crippen LogP contribution in [-0.2, 0) is 28.0 Å². The molecule has 25 heavy (non-hydrogen) atoms. The molecule has 0 spiro atoms. The van der Waals surface area contributed by atoms with Crippen LogP contribution in [0.5, 0.6) is 0 Å². The van der Waals surface area contributed by atoms with Crippen LogP contribution in [0.2, 0.25) is 10.0 Å². The fraction of sp³-hybridized carbons (Fsp3) is 0.467. The number of carbonyl (C=O) groups is 1. The highest BCUT2D eigenvalue weighted by molar-refractivity contribution is 7.55. The Hall–Kier alpha value is -1.11. The molecule has 0 saturated carbocycles. The van der Waals surface area contributed by atoms with Crippen LogP contribution in [0.4, 0.5) is 0 Å². The molecule has 1 aliphatic heterocycles. The highest BCUT2D eigenvalue weighted by Crippen LogP contribution is 2.64. The van der Waals surface area contributed by atoms with Gasteiger partial charge in [-0.2, -0.15) is 0 Å². The molecule has 2 rings (SSSR count). The van der Waals surface area contributed by atoms with Crippen molar-refractivity contribution in [3.05, 3.63) is 33.8 Å². The van der Waals surface area contributed by atoms with E-state index < -0.39 is 19.1 Å². The molecular weight excluding hydrogens is 392 g/mol. The summed E-state index contributed by atoms with van der Waals surface area (Å²) in [4.78, 5) is 16.9. The molecule has 1 heterocycles. The van der Waals surface area contributed by atoms with Crippen LogP contribution in [0, 0.1) is 0 Å². The number of ether oxygens (including phenoxy) is 1. The Morgan fingerprint density at radius 2 is 1.96 bits per heavy atom. The van der Waals surface area contributed by atoms with Gasteiger partial charge >= 0.3 is 19.1 Å². The highest BCUT2D eigenvalue weighted by atomic mass is 35.5. The standard InChI is InChI=1S/C15H18Cl2NO6P/c1-4-21-25(20,22-5-2)15(23-10(3)19)9-14(18-24-15)12-7-6-11(16)8-13(12)17/h6-8H,4-5,9H2,1-3H3. The van der Waals surface area contributed by atoms with Crippen LogP contribution in [0.15, 0.2) is 23.4 Å². The Balaban J connectivity index is 2.41. The van der Waals surface area contributed by atoms with E-state index >= 15 is 0 Å². The fourth-order valence-electron chi connectivity index (χ4n) is 2.33. The number of halogens is 2. The lowest BCUT2D eigenvalue weighted by molar-refractivity contribution is -0.192. The van der Waals surface area contributed by atoms with Crippen molar-refractivity contribution in [3.8, 4) is 0 Å². The van der Waals surface area contributed by atoms with E-state index in [1.807, 2.05) is 0 Å². The Labute approximate surface area is 155 Å². The van der Waals surface area contributed by atoms with E-state index in [0.29, 0.717) is 21.3 Å². The van der Waals surface area contributed by atoms with E-state index in [4.69, 9.17) is 41.8 Å². The molecule has 1 aromatic rings. The SMILES string of the molecule is CCOP(=O)(OCC)C1(OC(C)=O)CC(c2ccc(Cl)cc2Cl)=NO1. The van der Waals surface area contributed by atoms with Gasteiger partial charge in [0.25, 0.3) is 0 Å². The summed E-state index contributed by atoms with van der Waals surface area (Å²) in [5.74, 6) is -0.710. The van der Waals surface area contributed by atoms with Crippen LogP contribution in [0.1, 0.15) is 32.8 Å². The van der Waals surface area contributed by atoms with Crippen molar-refractivity contribution in [3.63, 3.8) is 0 Å². The third kappa shape index (κ3) is 4.18. The molecule has 0 N–H and O–H groups in total. The summed E-state index contributed by atoms with van der Waals surface area (Å²) in [5.41, 5.74) is -1.15. The molecule has 0 saturated heterocycles. The van der Waals surface area contributed by atoms with E-state index in [0.717, 1.165) is 0 Å². The lowest BCUT2D eigenvalue weighted by Crippen LogP contribution is -2.36. The second kappa shape index (κ2) is 8.06. The summed E-state index contributed by atoms with van der Waals surface area (Å²) >= 11 is 12.1. The molecule has 0 aliphatic carbocycles. The maximum absolute atomic E-state index is 13.2. The lowest BCUT2D eigenvalue weighted by Gasteiger charge is -2.31. The zero-order valence-corrected chi connectivity index (χ0v) is 16.4. The molecule has 1 aliphatic rings. The van der Waals surface area contributed by atoms with Crippen molar-refractivity contribution in [2.24, 2.45) is 5.16 Å². The average molecular weight is 410 g/mol. The predicted molar refractivity (Wildman–Crippen MR) is 94.1 cm³/mol. The maximum Gasteiger partial charge on any atom is 0.417 e. The molecule has 1 atom stereocenters. The van der Waals surface area contributed by atoms with Gasteiger partial charge in [0.05, 0.1) is 30.4 Å². The number of hydrogen-bond acceptors (Lipinski definition) is 7. The van der Waals surface area contributed by atoms with Gasteiger partial charge in [-0.25, -0.2) is 0 Å². The second-order valence-corrected chi connectivity index (χ2v) is 8.11. The maximum atomic E-state index is 13.2. The van der Waals surface area contributed by atoms with Crippen LogP contribution < -0.4 is 0 Å². The molecule has 0 amide bonds. The first-order valence-corrected chi connectivity index (χ1v) is 9.86. The monoisotopic (exact) mass is 409 g/mol. The smallest absolute Gasteiger partial charge is 0.410 e. The summed E-state index contributed by atoms with van der Waals surface area (Å²) in [6.45, 7) is 4.59. The van der Waals surface area contributed by atoms with Gasteiger partial charge in [0, 0.05) is 17.5 Å². The number of nitrogens with zero attached hydrogens (tertiary/aromatic N) is 1. The number of rotatable bonds is 7. The predicted octanol–water partition coefficient (Wildman–Crippen LogP) is 4.60. The zero-order valence-electron chi connectivity index (χ0n) is 14.0. The minimum atomic E-state index is -3.98. The van der Waals surface area contributed by atoms with Crippen molar-refractivity contribution in [2.45, 2.75) is 32.7 Å². The normalized spacial score (nSPS) is 20.1. The Morgan fingerprint density at radius 3 is 2.48 bits per heavy atom. The van der Waals surface area contributed by atoms with Crippen molar-refractivity contribution < 1.29 is 28.0 Å². The summed E-state index contributed by atoms with van der Waals surface area (Å²) in [5, 5.41) is 4.70. The Morgan fingerprint density at radius 1 is 1.32 bits per heavy atom. The van der Waals surface area contributed by atoms with Crippen molar-refractivity contribution in [1.29, 1.82) is 0 Å². The molecule has 1 unspecified atom stereocenters. The molecule has 0 aromatic heterocycles. The Kier molecular flexibility index (Phi) is 6.51. The van der Waals surface area contributed by atoms with Crippen molar-refractivity contribution >= 4 is 42.5 Å². The fourth-order valence-corrected chi connectivity index (χ4v) is 4.72. The third-order valence-corrected chi connectivity index (χ3v) is 6.16. The van der Waals surface area contributed by atoms with Gasteiger partial charge in [-0.3, -0.25) is 9.36 Å². The average Bonchev–Trinajstić information content (AvgIpc) is 2.92. The van der Waals surface area contributed by atoms with Crippen molar-refractivity contribution in [1.82, 2.24) is 0 Å². The zero-order chi connectivity index (χ0) is 18.7. The van der Waals surface area contributed by atoms with Gasteiger partial charge in [-0.1, -0.05) is 34.4 Å². The Bertz CT molecular complexity index is 731. The lowest BCUT2D eigenvalue weighted by atomic mass is 10.1. The first kappa shape index (κ1) is 20.2. The summed E-state index contributed by atoms with van der Waals surface area (Å²) in [7, 11) is -3.98. The number of esters is 1. The van der Waals surface area contributed by atoms with Crippen LogP contribution in [-0.4, -0.2) is 30.4 Å². The molecule has 0 fully saturated rings.